The third-order valence-electron chi connectivity index (χ3n) is 3.01. The highest BCUT2D eigenvalue weighted by molar-refractivity contribution is 4.75. The number of likely N-dealkylation sites (tertiary alicyclic amines) is 1. The van der Waals surface area contributed by atoms with Gasteiger partial charge < -0.3 is 15.4 Å². The number of unbranched alkanes of at least 4 members (excludes halogenated alkanes) is 1. The highest BCUT2D eigenvalue weighted by Gasteiger charge is 2.19. The van der Waals surface area contributed by atoms with Crippen LogP contribution in [0, 0.1) is 0 Å². The molecule has 1 heterocycles. The molecule has 0 aromatic heterocycles. The Morgan fingerprint density at radius 3 is 2.86 bits per heavy atom. The summed E-state index contributed by atoms with van der Waals surface area (Å²) in [6, 6.07) is 0.768. The SMILES string of the molecule is CN1CCCC1CCOCCCCN. The van der Waals surface area contributed by atoms with Gasteiger partial charge in [-0.05, 0) is 52.2 Å². The number of ether oxygens (including phenoxy) is 1. The minimum atomic E-state index is 0.768. The Balaban J connectivity index is 1.88. The lowest BCUT2D eigenvalue weighted by molar-refractivity contribution is 0.111. The Labute approximate surface area is 87.6 Å². The van der Waals surface area contributed by atoms with Crippen LogP contribution in [-0.4, -0.2) is 44.3 Å². The van der Waals surface area contributed by atoms with E-state index in [1.165, 1.54) is 25.8 Å². The third kappa shape index (κ3) is 4.40. The molecule has 0 aromatic rings. The Morgan fingerprint density at radius 2 is 2.21 bits per heavy atom. The van der Waals surface area contributed by atoms with Crippen molar-refractivity contribution in [1.82, 2.24) is 4.90 Å². The van der Waals surface area contributed by atoms with Crippen LogP contribution in [0.15, 0.2) is 0 Å². The molecule has 0 radical (unpaired) electrons. The molecule has 0 aromatic carbocycles. The minimum absolute atomic E-state index is 0.768. The zero-order valence-corrected chi connectivity index (χ0v) is 9.37. The van der Waals surface area contributed by atoms with Crippen LogP contribution in [-0.2, 0) is 4.74 Å². The van der Waals surface area contributed by atoms with Gasteiger partial charge in [-0.25, -0.2) is 0 Å². The van der Waals surface area contributed by atoms with E-state index in [0.29, 0.717) is 0 Å². The van der Waals surface area contributed by atoms with Crippen molar-refractivity contribution in [2.24, 2.45) is 5.73 Å². The highest BCUT2D eigenvalue weighted by atomic mass is 16.5. The van der Waals surface area contributed by atoms with Crippen LogP contribution in [0.4, 0.5) is 0 Å². The zero-order chi connectivity index (χ0) is 10.2. The van der Waals surface area contributed by atoms with Crippen molar-refractivity contribution in [3.05, 3.63) is 0 Å². The molecule has 1 rings (SSSR count). The van der Waals surface area contributed by atoms with Crippen LogP contribution < -0.4 is 5.73 Å². The van der Waals surface area contributed by atoms with Gasteiger partial charge in [-0.15, -0.1) is 0 Å². The molecule has 2 N–H and O–H groups in total. The second-order valence-corrected chi connectivity index (χ2v) is 4.17. The average Bonchev–Trinajstić information content (AvgIpc) is 2.58. The van der Waals surface area contributed by atoms with Crippen molar-refractivity contribution in [1.29, 1.82) is 0 Å². The normalized spacial score (nSPS) is 23.1. The summed E-state index contributed by atoms with van der Waals surface area (Å²) < 4.78 is 5.56. The summed E-state index contributed by atoms with van der Waals surface area (Å²) in [5.41, 5.74) is 5.40. The second kappa shape index (κ2) is 7.21. The first-order valence-electron chi connectivity index (χ1n) is 5.82. The van der Waals surface area contributed by atoms with Crippen LogP contribution in [0.2, 0.25) is 0 Å². The van der Waals surface area contributed by atoms with Crippen molar-refractivity contribution in [3.63, 3.8) is 0 Å². The number of nitrogens with two attached hydrogens (primary N) is 1. The molecule has 0 bridgehead atoms. The predicted molar refractivity (Wildman–Crippen MR) is 59.4 cm³/mol. The molecule has 0 amide bonds. The summed E-state index contributed by atoms with van der Waals surface area (Å²) in [7, 11) is 2.21. The monoisotopic (exact) mass is 200 g/mol. The minimum Gasteiger partial charge on any atom is -0.381 e. The Hall–Kier alpha value is -0.120. The molecule has 14 heavy (non-hydrogen) atoms. The van der Waals surface area contributed by atoms with Gasteiger partial charge in [0, 0.05) is 19.3 Å². The second-order valence-electron chi connectivity index (χ2n) is 4.17. The number of hydrogen-bond acceptors (Lipinski definition) is 3. The van der Waals surface area contributed by atoms with E-state index in [1.807, 2.05) is 0 Å². The maximum Gasteiger partial charge on any atom is 0.0480 e. The van der Waals surface area contributed by atoms with Gasteiger partial charge in [0.05, 0.1) is 0 Å². The van der Waals surface area contributed by atoms with E-state index < -0.39 is 0 Å². The molecule has 3 heteroatoms. The lowest BCUT2D eigenvalue weighted by atomic mass is 10.1. The topological polar surface area (TPSA) is 38.5 Å². The molecule has 3 nitrogen and oxygen atoms in total. The average molecular weight is 200 g/mol. The van der Waals surface area contributed by atoms with Gasteiger partial charge in [0.15, 0.2) is 0 Å². The molecule has 1 atom stereocenters. The molecule has 1 aliphatic rings. The van der Waals surface area contributed by atoms with Crippen LogP contribution in [0.5, 0.6) is 0 Å². The Bertz CT molecular complexity index is 141. The fraction of sp³-hybridized carbons (Fsp3) is 1.00. The van der Waals surface area contributed by atoms with Gasteiger partial charge in [0.2, 0.25) is 0 Å². The standard InChI is InChI=1S/C11H24N2O/c1-13-8-4-5-11(13)6-10-14-9-3-2-7-12/h11H,2-10,12H2,1H3. The van der Waals surface area contributed by atoms with E-state index in [-0.39, 0.29) is 0 Å². The van der Waals surface area contributed by atoms with E-state index in [1.54, 1.807) is 0 Å². The van der Waals surface area contributed by atoms with Crippen LogP contribution >= 0.6 is 0 Å². The first-order valence-corrected chi connectivity index (χ1v) is 5.82. The predicted octanol–water partition coefficient (Wildman–Crippen LogP) is 1.23. The van der Waals surface area contributed by atoms with E-state index >= 15 is 0 Å². The van der Waals surface area contributed by atoms with Crippen molar-refractivity contribution < 1.29 is 4.74 Å². The molecular formula is C11H24N2O. The summed E-state index contributed by atoms with van der Waals surface area (Å²) in [6.07, 6.45) is 6.09. The molecule has 0 aliphatic carbocycles. The summed E-state index contributed by atoms with van der Waals surface area (Å²) in [5.74, 6) is 0. The van der Waals surface area contributed by atoms with Gasteiger partial charge in [0.25, 0.3) is 0 Å². The Kier molecular flexibility index (Phi) is 6.15. The van der Waals surface area contributed by atoms with E-state index in [4.69, 9.17) is 10.5 Å². The van der Waals surface area contributed by atoms with Gasteiger partial charge >= 0.3 is 0 Å². The molecule has 1 unspecified atom stereocenters. The number of nitrogens with zero attached hydrogens (tertiary/aromatic N) is 1. The van der Waals surface area contributed by atoms with Gasteiger partial charge in [-0.2, -0.15) is 0 Å². The smallest absolute Gasteiger partial charge is 0.0480 e. The largest absolute Gasteiger partial charge is 0.381 e. The molecule has 1 saturated heterocycles. The lowest BCUT2D eigenvalue weighted by Crippen LogP contribution is -2.26. The van der Waals surface area contributed by atoms with Gasteiger partial charge in [-0.3, -0.25) is 0 Å². The van der Waals surface area contributed by atoms with Crippen molar-refractivity contribution in [3.8, 4) is 0 Å². The van der Waals surface area contributed by atoms with E-state index in [0.717, 1.165) is 38.6 Å². The maximum absolute atomic E-state index is 5.56. The maximum atomic E-state index is 5.56. The Morgan fingerprint density at radius 1 is 1.36 bits per heavy atom. The zero-order valence-electron chi connectivity index (χ0n) is 9.37. The summed E-state index contributed by atoms with van der Waals surface area (Å²) in [6.45, 7) is 3.85. The van der Waals surface area contributed by atoms with E-state index in [9.17, 15) is 0 Å². The van der Waals surface area contributed by atoms with E-state index in [2.05, 4.69) is 11.9 Å². The van der Waals surface area contributed by atoms with Gasteiger partial charge in [-0.1, -0.05) is 0 Å². The first kappa shape index (κ1) is 12.0. The molecule has 0 spiro atoms. The molecule has 84 valence electrons. The molecule has 0 saturated carbocycles. The number of rotatable bonds is 7. The van der Waals surface area contributed by atoms with Crippen LogP contribution in [0.25, 0.3) is 0 Å². The summed E-state index contributed by atoms with van der Waals surface area (Å²) in [4.78, 5) is 2.45. The van der Waals surface area contributed by atoms with Crippen molar-refractivity contribution >= 4 is 0 Å². The van der Waals surface area contributed by atoms with Crippen LogP contribution in [0.1, 0.15) is 32.1 Å². The molecular weight excluding hydrogens is 176 g/mol. The molecule has 1 fully saturated rings. The lowest BCUT2D eigenvalue weighted by Gasteiger charge is -2.18. The van der Waals surface area contributed by atoms with Gasteiger partial charge in [0.1, 0.15) is 0 Å². The van der Waals surface area contributed by atoms with Crippen molar-refractivity contribution in [2.45, 2.75) is 38.1 Å². The molecule has 1 aliphatic heterocycles. The first-order chi connectivity index (χ1) is 6.84. The van der Waals surface area contributed by atoms with Crippen molar-refractivity contribution in [2.75, 3.05) is 33.4 Å². The fourth-order valence-electron chi connectivity index (χ4n) is 2.01. The summed E-state index contributed by atoms with van der Waals surface area (Å²) in [5, 5.41) is 0. The fourth-order valence-corrected chi connectivity index (χ4v) is 2.01. The van der Waals surface area contributed by atoms with Crippen LogP contribution in [0.3, 0.4) is 0 Å². The quantitative estimate of drug-likeness (QED) is 0.628. The summed E-state index contributed by atoms with van der Waals surface area (Å²) >= 11 is 0. The third-order valence-corrected chi connectivity index (χ3v) is 3.01. The number of hydrogen-bond donors (Lipinski definition) is 1. The highest BCUT2D eigenvalue weighted by Crippen LogP contribution is 2.17.